The van der Waals surface area contributed by atoms with Gasteiger partial charge in [-0.05, 0) is 39.8 Å². The molecule has 1 aromatic rings. The van der Waals surface area contributed by atoms with E-state index < -0.39 is 29.5 Å². The van der Waals surface area contributed by atoms with Crippen LogP contribution in [-0.2, 0) is 9.53 Å². The Labute approximate surface area is 124 Å². The minimum absolute atomic E-state index is 0.153. The summed E-state index contributed by atoms with van der Waals surface area (Å²) in [4.78, 5) is 25.0. The first-order valence-corrected chi connectivity index (χ1v) is 6.63. The molecule has 0 radical (unpaired) electrons. The molecule has 0 bridgehead atoms. The van der Waals surface area contributed by atoms with Crippen molar-refractivity contribution in [3.63, 3.8) is 0 Å². The van der Waals surface area contributed by atoms with Crippen LogP contribution >= 0.6 is 0 Å². The van der Waals surface area contributed by atoms with Crippen molar-refractivity contribution in [2.75, 3.05) is 11.9 Å². The molecular formula is C15H21FN2O3. The normalized spacial score (nSPS) is 12.5. The van der Waals surface area contributed by atoms with Gasteiger partial charge in [0, 0.05) is 7.05 Å². The van der Waals surface area contributed by atoms with E-state index in [4.69, 9.17) is 4.74 Å². The lowest BCUT2D eigenvalue weighted by Gasteiger charge is -2.24. The van der Waals surface area contributed by atoms with Gasteiger partial charge >= 0.3 is 6.09 Å². The summed E-state index contributed by atoms with van der Waals surface area (Å²) in [6.07, 6.45) is -0.690. The maximum absolute atomic E-state index is 13.6. The molecule has 1 aromatic carbocycles. The monoisotopic (exact) mass is 296 g/mol. The molecule has 0 aliphatic heterocycles. The number of rotatable bonds is 3. The number of hydrogen-bond acceptors (Lipinski definition) is 3. The number of nitrogens with zero attached hydrogens (tertiary/aromatic N) is 1. The second-order valence-electron chi connectivity index (χ2n) is 5.72. The molecule has 5 nitrogen and oxygen atoms in total. The molecule has 1 atom stereocenters. The maximum atomic E-state index is 13.6. The van der Waals surface area contributed by atoms with Crippen molar-refractivity contribution in [1.29, 1.82) is 0 Å². The number of halogens is 1. The molecule has 1 unspecified atom stereocenters. The fraction of sp³-hybridized carbons (Fsp3) is 0.467. The first-order valence-electron chi connectivity index (χ1n) is 6.63. The molecule has 0 aliphatic rings. The molecule has 0 aliphatic carbocycles. The summed E-state index contributed by atoms with van der Waals surface area (Å²) in [6, 6.07) is 5.11. The number of para-hydroxylation sites is 1. The number of anilines is 1. The summed E-state index contributed by atoms with van der Waals surface area (Å²) in [5, 5.41) is 2.43. The molecule has 2 amide bonds. The third-order valence-electron chi connectivity index (χ3n) is 2.65. The number of benzene rings is 1. The minimum Gasteiger partial charge on any atom is -0.444 e. The molecule has 0 spiro atoms. The van der Waals surface area contributed by atoms with Gasteiger partial charge in [0.2, 0.25) is 5.91 Å². The number of likely N-dealkylation sites (N-methyl/N-ethyl adjacent to an activating group) is 1. The molecule has 6 heteroatoms. The predicted octanol–water partition coefficient (Wildman–Crippen LogP) is 2.70. The molecule has 0 aromatic heterocycles. The van der Waals surface area contributed by atoms with Crippen LogP contribution in [0.2, 0.25) is 0 Å². The summed E-state index contributed by atoms with van der Waals surface area (Å²) in [7, 11) is 1.45. The van der Waals surface area contributed by atoms with E-state index in [0.717, 1.165) is 4.90 Å². The van der Waals surface area contributed by atoms with Gasteiger partial charge in [-0.15, -0.1) is 0 Å². The van der Waals surface area contributed by atoms with Crippen LogP contribution in [0.4, 0.5) is 14.9 Å². The molecular weight excluding hydrogens is 275 g/mol. The van der Waals surface area contributed by atoms with Gasteiger partial charge in [0.25, 0.3) is 0 Å². The second-order valence-corrected chi connectivity index (χ2v) is 5.72. The number of carbonyl (C=O) groups excluding carboxylic acids is 2. The Morgan fingerprint density at radius 2 is 1.86 bits per heavy atom. The van der Waals surface area contributed by atoms with E-state index in [2.05, 4.69) is 5.32 Å². The quantitative estimate of drug-likeness (QED) is 0.933. The predicted molar refractivity (Wildman–Crippen MR) is 78.6 cm³/mol. The Hall–Kier alpha value is -2.11. The van der Waals surface area contributed by atoms with E-state index >= 15 is 0 Å². The van der Waals surface area contributed by atoms with Crippen molar-refractivity contribution in [3.8, 4) is 0 Å². The van der Waals surface area contributed by atoms with Gasteiger partial charge in [-0.3, -0.25) is 4.79 Å². The Morgan fingerprint density at radius 3 is 2.38 bits per heavy atom. The Morgan fingerprint density at radius 1 is 1.29 bits per heavy atom. The third-order valence-corrected chi connectivity index (χ3v) is 2.65. The largest absolute Gasteiger partial charge is 0.444 e. The van der Waals surface area contributed by atoms with Gasteiger partial charge in [-0.2, -0.15) is 0 Å². The summed E-state index contributed by atoms with van der Waals surface area (Å²) in [5.74, 6) is -0.941. The second kappa shape index (κ2) is 6.56. The molecule has 21 heavy (non-hydrogen) atoms. The molecule has 0 fully saturated rings. The highest BCUT2D eigenvalue weighted by molar-refractivity contribution is 5.98. The van der Waals surface area contributed by atoms with E-state index in [-0.39, 0.29) is 5.69 Å². The van der Waals surface area contributed by atoms with Crippen molar-refractivity contribution >= 4 is 17.7 Å². The van der Waals surface area contributed by atoms with Crippen LogP contribution in [-0.4, -0.2) is 30.7 Å². The van der Waals surface area contributed by atoms with Gasteiger partial charge in [-0.1, -0.05) is 12.1 Å². The molecule has 0 saturated heterocycles. The van der Waals surface area contributed by atoms with E-state index in [1.54, 1.807) is 32.9 Å². The number of amides is 2. The first-order chi connectivity index (χ1) is 9.61. The Bertz CT molecular complexity index is 526. The lowest BCUT2D eigenvalue weighted by molar-refractivity contribution is -0.120. The number of nitrogens with one attached hydrogen (secondary N) is 1. The highest BCUT2D eigenvalue weighted by atomic mass is 19.1. The highest BCUT2D eigenvalue weighted by Gasteiger charge is 2.24. The smallest absolute Gasteiger partial charge is 0.408 e. The average molecular weight is 296 g/mol. The standard InChI is InChI=1S/C15H21FN2O3/c1-10(17-14(20)21-15(2,3)4)13(19)18(5)12-9-7-6-8-11(12)16/h6-10H,1-5H3,(H,17,20). The topological polar surface area (TPSA) is 58.6 Å². The lowest BCUT2D eigenvalue weighted by atomic mass is 10.2. The summed E-state index contributed by atoms with van der Waals surface area (Å²) in [5.41, 5.74) is -0.495. The zero-order valence-corrected chi connectivity index (χ0v) is 12.9. The zero-order valence-electron chi connectivity index (χ0n) is 12.9. The molecule has 1 N–H and O–H groups in total. The Balaban J connectivity index is 2.70. The van der Waals surface area contributed by atoms with Gasteiger partial charge in [0.1, 0.15) is 17.5 Å². The lowest BCUT2D eigenvalue weighted by Crippen LogP contribution is -2.47. The van der Waals surface area contributed by atoms with Crippen LogP contribution in [0.25, 0.3) is 0 Å². The van der Waals surface area contributed by atoms with Crippen molar-refractivity contribution in [2.24, 2.45) is 0 Å². The number of hydrogen-bond donors (Lipinski definition) is 1. The average Bonchev–Trinajstić information content (AvgIpc) is 2.35. The van der Waals surface area contributed by atoms with Crippen molar-refractivity contribution in [1.82, 2.24) is 5.32 Å². The first kappa shape index (κ1) is 16.9. The summed E-state index contributed by atoms with van der Waals surface area (Å²) >= 11 is 0. The summed E-state index contributed by atoms with van der Waals surface area (Å²) in [6.45, 7) is 6.70. The Kier molecular flexibility index (Phi) is 5.29. The van der Waals surface area contributed by atoms with E-state index in [1.807, 2.05) is 0 Å². The van der Waals surface area contributed by atoms with Gasteiger partial charge in [0.05, 0.1) is 5.69 Å². The van der Waals surface area contributed by atoms with Crippen LogP contribution in [0.3, 0.4) is 0 Å². The minimum atomic E-state index is -0.829. The van der Waals surface area contributed by atoms with Crippen LogP contribution in [0.5, 0.6) is 0 Å². The number of carbonyl (C=O) groups is 2. The van der Waals surface area contributed by atoms with Crippen molar-refractivity contribution in [3.05, 3.63) is 30.1 Å². The van der Waals surface area contributed by atoms with E-state index in [9.17, 15) is 14.0 Å². The highest BCUT2D eigenvalue weighted by Crippen LogP contribution is 2.17. The van der Waals surface area contributed by atoms with Gasteiger partial charge in [0.15, 0.2) is 0 Å². The summed E-state index contributed by atoms with van der Waals surface area (Å²) < 4.78 is 18.7. The van der Waals surface area contributed by atoms with E-state index in [0.29, 0.717) is 0 Å². The van der Waals surface area contributed by atoms with Crippen LogP contribution in [0, 0.1) is 5.82 Å². The van der Waals surface area contributed by atoms with Crippen molar-refractivity contribution < 1.29 is 18.7 Å². The number of alkyl carbamates (subject to hydrolysis) is 1. The van der Waals surface area contributed by atoms with Crippen molar-refractivity contribution in [2.45, 2.75) is 39.3 Å². The number of ether oxygens (including phenoxy) is 1. The molecule has 0 saturated carbocycles. The fourth-order valence-electron chi connectivity index (χ4n) is 1.68. The zero-order chi connectivity index (χ0) is 16.2. The SMILES string of the molecule is CC(NC(=O)OC(C)(C)C)C(=O)N(C)c1ccccc1F. The van der Waals surface area contributed by atoms with Crippen LogP contribution in [0.1, 0.15) is 27.7 Å². The van der Waals surface area contributed by atoms with E-state index in [1.165, 1.54) is 26.1 Å². The molecule has 0 heterocycles. The van der Waals surface area contributed by atoms with Crippen LogP contribution in [0.15, 0.2) is 24.3 Å². The molecule has 116 valence electrons. The van der Waals surface area contributed by atoms with Crippen LogP contribution < -0.4 is 10.2 Å². The van der Waals surface area contributed by atoms with Gasteiger partial charge in [-0.25, -0.2) is 9.18 Å². The fourth-order valence-corrected chi connectivity index (χ4v) is 1.68. The molecule has 1 rings (SSSR count). The third kappa shape index (κ3) is 5.06. The van der Waals surface area contributed by atoms with Gasteiger partial charge < -0.3 is 15.0 Å². The maximum Gasteiger partial charge on any atom is 0.408 e.